The second-order valence-electron chi connectivity index (χ2n) is 7.54. The molecule has 4 heteroatoms. The highest BCUT2D eigenvalue weighted by molar-refractivity contribution is 5.81. The van der Waals surface area contributed by atoms with Crippen LogP contribution in [0.15, 0.2) is 95.8 Å². The van der Waals surface area contributed by atoms with Crippen LogP contribution in [-0.4, -0.2) is 22.6 Å². The summed E-state index contributed by atoms with van der Waals surface area (Å²) in [7, 11) is 0. The van der Waals surface area contributed by atoms with Crippen molar-refractivity contribution in [3.05, 3.63) is 101 Å². The Morgan fingerprint density at radius 1 is 0.667 bits per heavy atom. The molecule has 0 bridgehead atoms. The number of nitrogens with zero attached hydrogens (tertiary/aromatic N) is 3. The predicted molar refractivity (Wildman–Crippen MR) is 122 cm³/mol. The van der Waals surface area contributed by atoms with E-state index in [4.69, 9.17) is 4.98 Å². The molecule has 4 nitrogen and oxygen atoms in total. The lowest BCUT2D eigenvalue weighted by atomic mass is 10.0. The number of benzene rings is 3. The molecule has 0 atom stereocenters. The van der Waals surface area contributed by atoms with E-state index in [1.54, 1.807) is 4.57 Å². The van der Waals surface area contributed by atoms with E-state index in [1.165, 1.54) is 0 Å². The van der Waals surface area contributed by atoms with Gasteiger partial charge < -0.3 is 4.90 Å². The third kappa shape index (κ3) is 3.30. The Kier molecular flexibility index (Phi) is 4.89. The zero-order valence-electron chi connectivity index (χ0n) is 16.7. The number of hydrogen-bond acceptors (Lipinski definition) is 3. The molecule has 1 aliphatic heterocycles. The predicted octanol–water partition coefficient (Wildman–Crippen LogP) is 5.17. The van der Waals surface area contributed by atoms with Crippen molar-refractivity contribution in [2.45, 2.75) is 12.8 Å². The van der Waals surface area contributed by atoms with Crippen LogP contribution < -0.4 is 10.5 Å². The van der Waals surface area contributed by atoms with Crippen LogP contribution in [-0.2, 0) is 0 Å². The van der Waals surface area contributed by atoms with Crippen molar-refractivity contribution in [2.24, 2.45) is 0 Å². The molecular weight excluding hydrogens is 370 g/mol. The van der Waals surface area contributed by atoms with Gasteiger partial charge in [-0.1, -0.05) is 78.9 Å². The smallest absolute Gasteiger partial charge is 0.268 e. The summed E-state index contributed by atoms with van der Waals surface area (Å²) in [5, 5.41) is 0. The minimum Gasteiger partial charge on any atom is -0.342 e. The second kappa shape index (κ2) is 7.99. The molecule has 1 aliphatic rings. The Bertz CT molecular complexity index is 1200. The van der Waals surface area contributed by atoms with Crippen LogP contribution in [0.1, 0.15) is 12.8 Å². The molecule has 1 aromatic heterocycles. The quantitative estimate of drug-likeness (QED) is 0.480. The van der Waals surface area contributed by atoms with Gasteiger partial charge in [-0.3, -0.25) is 4.79 Å². The normalized spacial score (nSPS) is 13.5. The van der Waals surface area contributed by atoms with Crippen molar-refractivity contribution in [3.63, 3.8) is 0 Å². The van der Waals surface area contributed by atoms with Crippen LogP contribution in [0, 0.1) is 0 Å². The number of aromatic nitrogens is 2. The van der Waals surface area contributed by atoms with E-state index in [0.717, 1.165) is 54.4 Å². The molecule has 0 N–H and O–H groups in total. The lowest BCUT2D eigenvalue weighted by Crippen LogP contribution is -2.31. The molecule has 148 valence electrons. The lowest BCUT2D eigenvalue weighted by Gasteiger charge is -2.24. The van der Waals surface area contributed by atoms with Crippen molar-refractivity contribution in [2.75, 3.05) is 18.0 Å². The summed E-state index contributed by atoms with van der Waals surface area (Å²) in [5.41, 5.74) is 4.01. The summed E-state index contributed by atoms with van der Waals surface area (Å²) in [6.07, 6.45) is 2.23. The Hall–Kier alpha value is -3.66. The van der Waals surface area contributed by atoms with Crippen LogP contribution >= 0.6 is 0 Å². The molecule has 30 heavy (non-hydrogen) atoms. The fourth-order valence-corrected chi connectivity index (χ4v) is 4.12. The number of para-hydroxylation sites is 1. The second-order valence-corrected chi connectivity index (χ2v) is 7.54. The van der Waals surface area contributed by atoms with Crippen molar-refractivity contribution < 1.29 is 0 Å². The van der Waals surface area contributed by atoms with Crippen LogP contribution in [0.2, 0.25) is 0 Å². The van der Waals surface area contributed by atoms with Gasteiger partial charge >= 0.3 is 0 Å². The first-order valence-corrected chi connectivity index (χ1v) is 10.4. The summed E-state index contributed by atoms with van der Waals surface area (Å²) < 4.78 is 1.78. The summed E-state index contributed by atoms with van der Waals surface area (Å²) in [4.78, 5) is 21.4. The Morgan fingerprint density at radius 2 is 1.20 bits per heavy atom. The highest BCUT2D eigenvalue weighted by Gasteiger charge is 2.24. The Balaban J connectivity index is 1.86. The van der Waals surface area contributed by atoms with Gasteiger partial charge in [0.15, 0.2) is 0 Å². The summed E-state index contributed by atoms with van der Waals surface area (Å²) >= 11 is 0. The van der Waals surface area contributed by atoms with E-state index >= 15 is 0 Å². The zero-order chi connectivity index (χ0) is 20.3. The van der Waals surface area contributed by atoms with Gasteiger partial charge in [-0.05, 0) is 30.5 Å². The van der Waals surface area contributed by atoms with E-state index in [1.807, 2.05) is 91.0 Å². The number of hydrogen-bond donors (Lipinski definition) is 0. The van der Waals surface area contributed by atoms with E-state index in [9.17, 15) is 4.79 Å². The topological polar surface area (TPSA) is 38.1 Å². The average molecular weight is 393 g/mol. The van der Waals surface area contributed by atoms with Gasteiger partial charge in [0, 0.05) is 18.7 Å². The van der Waals surface area contributed by atoms with Gasteiger partial charge in [0.25, 0.3) is 5.56 Å². The molecule has 0 radical (unpaired) electrons. The Labute approximate surface area is 176 Å². The molecule has 3 aromatic carbocycles. The standard InChI is InChI=1S/C26H23N3O/c30-25-23(20-12-4-1-5-13-20)24(21-14-6-2-7-15-21)27-26(28-18-10-11-19-28)29(25)22-16-8-3-9-17-22/h1-9,12-17H,10-11,18-19H2. The zero-order valence-corrected chi connectivity index (χ0v) is 16.7. The van der Waals surface area contributed by atoms with Gasteiger partial charge in [-0.2, -0.15) is 0 Å². The van der Waals surface area contributed by atoms with Gasteiger partial charge in [0.2, 0.25) is 5.95 Å². The maximum atomic E-state index is 14.0. The molecule has 1 saturated heterocycles. The van der Waals surface area contributed by atoms with Gasteiger partial charge in [-0.15, -0.1) is 0 Å². The highest BCUT2D eigenvalue weighted by atomic mass is 16.1. The third-order valence-electron chi connectivity index (χ3n) is 5.58. The fourth-order valence-electron chi connectivity index (χ4n) is 4.12. The van der Waals surface area contributed by atoms with Crippen LogP contribution in [0.5, 0.6) is 0 Å². The van der Waals surface area contributed by atoms with E-state index in [-0.39, 0.29) is 5.56 Å². The van der Waals surface area contributed by atoms with E-state index in [2.05, 4.69) is 4.90 Å². The van der Waals surface area contributed by atoms with Crippen LogP contribution in [0.4, 0.5) is 5.95 Å². The van der Waals surface area contributed by atoms with E-state index < -0.39 is 0 Å². The minimum atomic E-state index is -0.0387. The van der Waals surface area contributed by atoms with Gasteiger partial charge in [0.1, 0.15) is 0 Å². The number of rotatable bonds is 4. The highest BCUT2D eigenvalue weighted by Crippen LogP contribution is 2.31. The van der Waals surface area contributed by atoms with Crippen LogP contribution in [0.25, 0.3) is 28.1 Å². The van der Waals surface area contributed by atoms with Gasteiger partial charge in [-0.25, -0.2) is 9.55 Å². The van der Waals surface area contributed by atoms with E-state index in [0.29, 0.717) is 5.56 Å². The monoisotopic (exact) mass is 393 g/mol. The van der Waals surface area contributed by atoms with Gasteiger partial charge in [0.05, 0.1) is 16.9 Å². The first-order valence-electron chi connectivity index (χ1n) is 10.4. The first kappa shape index (κ1) is 18.4. The molecule has 0 saturated carbocycles. The number of anilines is 1. The molecule has 5 rings (SSSR count). The van der Waals surface area contributed by atoms with Crippen molar-refractivity contribution in [1.29, 1.82) is 0 Å². The summed E-state index contributed by atoms with van der Waals surface area (Å²) in [6.45, 7) is 1.83. The molecule has 1 fully saturated rings. The molecular formula is C26H23N3O. The average Bonchev–Trinajstić information content (AvgIpc) is 3.35. The SMILES string of the molecule is O=c1c(-c2ccccc2)c(-c2ccccc2)nc(N2CCCC2)n1-c1ccccc1. The maximum Gasteiger partial charge on any atom is 0.268 e. The van der Waals surface area contributed by atoms with Crippen molar-refractivity contribution in [3.8, 4) is 28.1 Å². The van der Waals surface area contributed by atoms with Crippen molar-refractivity contribution >= 4 is 5.95 Å². The Morgan fingerprint density at radius 3 is 1.80 bits per heavy atom. The molecule has 0 spiro atoms. The molecule has 0 aliphatic carbocycles. The molecule has 4 aromatic rings. The lowest BCUT2D eigenvalue weighted by molar-refractivity contribution is 0.831. The fraction of sp³-hybridized carbons (Fsp3) is 0.154. The summed E-state index contributed by atoms with van der Waals surface area (Å²) in [5.74, 6) is 0.724. The van der Waals surface area contributed by atoms with Crippen molar-refractivity contribution in [1.82, 2.24) is 9.55 Å². The maximum absolute atomic E-state index is 14.0. The van der Waals surface area contributed by atoms with Crippen LogP contribution in [0.3, 0.4) is 0 Å². The first-order chi connectivity index (χ1) is 14.8. The molecule has 0 unspecified atom stereocenters. The third-order valence-corrected chi connectivity index (χ3v) is 5.58. The largest absolute Gasteiger partial charge is 0.342 e. The minimum absolute atomic E-state index is 0.0387. The molecule has 2 heterocycles. The molecule has 0 amide bonds. The summed E-state index contributed by atoms with van der Waals surface area (Å²) in [6, 6.07) is 29.7.